The highest BCUT2D eigenvalue weighted by Crippen LogP contribution is 2.27. The SMILES string of the molecule is O=C(NC1CCCCCC1)c1cc(S(=O)(=O)[C@@H]2CCS(=O)(=O)C2)ccc1F. The normalized spacial score (nSPS) is 23.7. The molecule has 0 bridgehead atoms. The number of halogens is 1. The zero-order valence-corrected chi connectivity index (χ0v) is 16.6. The van der Waals surface area contributed by atoms with Crippen molar-refractivity contribution in [3.8, 4) is 0 Å². The highest BCUT2D eigenvalue weighted by molar-refractivity contribution is 7.96. The van der Waals surface area contributed by atoms with Crippen molar-refractivity contribution in [3.63, 3.8) is 0 Å². The maximum atomic E-state index is 14.2. The smallest absolute Gasteiger partial charge is 0.254 e. The second-order valence-corrected chi connectivity index (χ2v) is 11.8. The van der Waals surface area contributed by atoms with Crippen molar-refractivity contribution >= 4 is 25.6 Å². The predicted octanol–water partition coefficient (Wildman–Crippen LogP) is 2.24. The van der Waals surface area contributed by atoms with E-state index < -0.39 is 42.4 Å². The number of hydrogen-bond acceptors (Lipinski definition) is 5. The molecule has 0 unspecified atom stereocenters. The van der Waals surface area contributed by atoms with Gasteiger partial charge in [-0.15, -0.1) is 0 Å². The summed E-state index contributed by atoms with van der Waals surface area (Å²) in [4.78, 5) is 12.3. The topological polar surface area (TPSA) is 97.4 Å². The Morgan fingerprint density at radius 1 is 1.07 bits per heavy atom. The van der Waals surface area contributed by atoms with E-state index in [0.29, 0.717) is 0 Å². The summed E-state index contributed by atoms with van der Waals surface area (Å²) in [5, 5.41) is 1.76. The molecule has 0 spiro atoms. The van der Waals surface area contributed by atoms with Crippen molar-refractivity contribution < 1.29 is 26.0 Å². The van der Waals surface area contributed by atoms with Crippen LogP contribution in [0.1, 0.15) is 55.3 Å². The highest BCUT2D eigenvalue weighted by Gasteiger charge is 2.38. The Morgan fingerprint density at radius 3 is 2.33 bits per heavy atom. The van der Waals surface area contributed by atoms with Crippen LogP contribution in [0.3, 0.4) is 0 Å². The quantitative estimate of drug-likeness (QED) is 0.599. The summed E-state index contributed by atoms with van der Waals surface area (Å²) in [6, 6.07) is 3.04. The van der Waals surface area contributed by atoms with Gasteiger partial charge in [0, 0.05) is 6.04 Å². The Kier molecular flexibility index (Phi) is 5.90. The summed E-state index contributed by atoms with van der Waals surface area (Å²) < 4.78 is 62.9. The number of amides is 1. The van der Waals surface area contributed by atoms with E-state index in [0.717, 1.165) is 56.7 Å². The van der Waals surface area contributed by atoms with Crippen molar-refractivity contribution in [1.29, 1.82) is 0 Å². The monoisotopic (exact) mass is 417 g/mol. The van der Waals surface area contributed by atoms with Gasteiger partial charge in [0.15, 0.2) is 19.7 Å². The highest BCUT2D eigenvalue weighted by atomic mass is 32.2. The van der Waals surface area contributed by atoms with Gasteiger partial charge in [0.2, 0.25) is 0 Å². The lowest BCUT2D eigenvalue weighted by molar-refractivity contribution is 0.0929. The molecule has 2 aliphatic rings. The number of benzene rings is 1. The summed E-state index contributed by atoms with van der Waals surface area (Å²) in [6.07, 6.45) is 5.88. The minimum absolute atomic E-state index is 0.0195. The van der Waals surface area contributed by atoms with E-state index >= 15 is 0 Å². The Labute approximate surface area is 159 Å². The maximum Gasteiger partial charge on any atom is 0.254 e. The zero-order valence-electron chi connectivity index (χ0n) is 15.0. The molecule has 6 nitrogen and oxygen atoms in total. The molecule has 1 heterocycles. The number of rotatable bonds is 4. The molecule has 0 aromatic heterocycles. The fraction of sp³-hybridized carbons (Fsp3) is 0.611. The van der Waals surface area contributed by atoms with Gasteiger partial charge in [-0.05, 0) is 37.5 Å². The largest absolute Gasteiger partial charge is 0.349 e. The van der Waals surface area contributed by atoms with Crippen LogP contribution in [0.15, 0.2) is 23.1 Å². The van der Waals surface area contributed by atoms with Crippen LogP contribution in [-0.4, -0.2) is 45.5 Å². The van der Waals surface area contributed by atoms with Gasteiger partial charge in [0.05, 0.1) is 27.2 Å². The molecule has 1 aliphatic carbocycles. The van der Waals surface area contributed by atoms with E-state index in [9.17, 15) is 26.0 Å². The van der Waals surface area contributed by atoms with E-state index in [1.54, 1.807) is 0 Å². The Hall–Kier alpha value is -1.48. The molecule has 1 saturated carbocycles. The number of carbonyl (C=O) groups excluding carboxylic acids is 1. The van der Waals surface area contributed by atoms with Gasteiger partial charge < -0.3 is 5.32 Å². The molecule has 3 rings (SSSR count). The van der Waals surface area contributed by atoms with Crippen LogP contribution >= 0.6 is 0 Å². The Bertz CT molecular complexity index is 919. The summed E-state index contributed by atoms with van der Waals surface area (Å²) in [5.41, 5.74) is -0.318. The lowest BCUT2D eigenvalue weighted by Gasteiger charge is -2.17. The molecule has 150 valence electrons. The van der Waals surface area contributed by atoms with Crippen LogP contribution in [-0.2, 0) is 19.7 Å². The average molecular weight is 418 g/mol. The molecule has 1 saturated heterocycles. The average Bonchev–Trinajstić information content (AvgIpc) is 2.81. The molecule has 27 heavy (non-hydrogen) atoms. The zero-order chi connectivity index (χ0) is 19.7. The molecule has 9 heteroatoms. The Balaban J connectivity index is 1.82. The van der Waals surface area contributed by atoms with Crippen LogP contribution in [0, 0.1) is 5.82 Å². The molecule has 1 atom stereocenters. The molecule has 1 aliphatic heterocycles. The van der Waals surface area contributed by atoms with Gasteiger partial charge in [-0.25, -0.2) is 21.2 Å². The molecule has 1 aromatic rings. The lowest BCUT2D eigenvalue weighted by Crippen LogP contribution is -2.35. The van der Waals surface area contributed by atoms with Gasteiger partial charge in [0.25, 0.3) is 5.91 Å². The van der Waals surface area contributed by atoms with Crippen LogP contribution in [0.5, 0.6) is 0 Å². The second kappa shape index (κ2) is 7.87. The van der Waals surface area contributed by atoms with E-state index in [2.05, 4.69) is 5.32 Å². The molecule has 1 aromatic carbocycles. The van der Waals surface area contributed by atoms with Gasteiger partial charge in [-0.1, -0.05) is 25.7 Å². The van der Waals surface area contributed by atoms with Crippen LogP contribution < -0.4 is 5.32 Å². The lowest BCUT2D eigenvalue weighted by atomic mass is 10.1. The third kappa shape index (κ3) is 4.68. The van der Waals surface area contributed by atoms with Gasteiger partial charge in [0.1, 0.15) is 5.82 Å². The third-order valence-corrected chi connectivity index (χ3v) is 9.50. The van der Waals surface area contributed by atoms with Crippen molar-refractivity contribution in [2.75, 3.05) is 11.5 Å². The fourth-order valence-corrected chi connectivity index (χ4v) is 8.12. The van der Waals surface area contributed by atoms with E-state index in [4.69, 9.17) is 0 Å². The number of hydrogen-bond donors (Lipinski definition) is 1. The molecular formula is C18H24FNO5S2. The van der Waals surface area contributed by atoms with E-state index in [-0.39, 0.29) is 28.7 Å². The molecular weight excluding hydrogens is 393 g/mol. The fourth-order valence-electron chi connectivity index (χ4n) is 3.74. The number of nitrogens with one attached hydrogen (secondary N) is 1. The van der Waals surface area contributed by atoms with Crippen molar-refractivity contribution in [1.82, 2.24) is 5.32 Å². The summed E-state index contributed by atoms with van der Waals surface area (Å²) in [7, 11) is -7.32. The molecule has 1 N–H and O–H groups in total. The van der Waals surface area contributed by atoms with E-state index in [1.807, 2.05) is 0 Å². The Morgan fingerprint density at radius 2 is 1.74 bits per heavy atom. The third-order valence-electron chi connectivity index (χ3n) is 5.33. The van der Waals surface area contributed by atoms with Gasteiger partial charge >= 0.3 is 0 Å². The number of sulfone groups is 2. The molecule has 1 amide bonds. The summed E-state index contributed by atoms with van der Waals surface area (Å²) >= 11 is 0. The van der Waals surface area contributed by atoms with Crippen molar-refractivity contribution in [2.45, 2.75) is 61.1 Å². The minimum atomic E-state index is -3.95. The van der Waals surface area contributed by atoms with Crippen molar-refractivity contribution in [2.24, 2.45) is 0 Å². The maximum absolute atomic E-state index is 14.2. The first-order valence-corrected chi connectivity index (χ1v) is 12.6. The number of carbonyl (C=O) groups is 1. The van der Waals surface area contributed by atoms with Gasteiger partial charge in [-0.3, -0.25) is 4.79 Å². The minimum Gasteiger partial charge on any atom is -0.349 e. The first-order valence-electron chi connectivity index (χ1n) is 9.24. The first-order chi connectivity index (χ1) is 12.7. The summed E-state index contributed by atoms with van der Waals surface area (Å²) in [6.45, 7) is 0. The predicted molar refractivity (Wildman–Crippen MR) is 99.6 cm³/mol. The standard InChI is InChI=1S/C18H24FNO5S2/c19-17-8-7-14(27(24,25)15-9-10-26(22,23)12-15)11-16(17)18(21)20-13-5-3-1-2-4-6-13/h7-8,11,13,15H,1-6,9-10,12H2,(H,20,21)/t15-/m1/s1. The van der Waals surface area contributed by atoms with Crippen LogP contribution in [0.2, 0.25) is 0 Å². The van der Waals surface area contributed by atoms with Crippen LogP contribution in [0.4, 0.5) is 4.39 Å². The second-order valence-electron chi connectivity index (χ2n) is 7.37. The van der Waals surface area contributed by atoms with Crippen molar-refractivity contribution in [3.05, 3.63) is 29.6 Å². The van der Waals surface area contributed by atoms with Crippen LogP contribution in [0.25, 0.3) is 0 Å². The van der Waals surface area contributed by atoms with Gasteiger partial charge in [-0.2, -0.15) is 0 Å². The molecule has 2 fully saturated rings. The first kappa shape index (κ1) is 20.3. The van der Waals surface area contributed by atoms with E-state index in [1.165, 1.54) is 0 Å². The summed E-state index contributed by atoms with van der Waals surface area (Å²) in [5.74, 6) is -2.03. The molecule has 0 radical (unpaired) electrons.